The Balaban J connectivity index is 1.88. The Labute approximate surface area is 104 Å². The average molecular weight is 250 g/mol. The topological polar surface area (TPSA) is 96.3 Å². The molecule has 0 aromatic heterocycles. The number of nitro benzene ring substituents is 1. The third-order valence-electron chi connectivity index (χ3n) is 2.73. The molecular formula is C11H14N4O3. The average Bonchev–Trinajstić information content (AvgIpc) is 2.82. The molecule has 1 aromatic rings. The van der Waals surface area contributed by atoms with E-state index in [1.165, 1.54) is 24.3 Å². The number of carbonyl (C=O) groups is 1. The fourth-order valence-electron chi connectivity index (χ4n) is 1.80. The minimum atomic E-state index is -0.478. The van der Waals surface area contributed by atoms with E-state index in [2.05, 4.69) is 16.0 Å². The van der Waals surface area contributed by atoms with Crippen LogP contribution >= 0.6 is 0 Å². The van der Waals surface area contributed by atoms with Crippen LogP contribution in [0.2, 0.25) is 0 Å². The Kier molecular flexibility index (Phi) is 3.73. The first kappa shape index (κ1) is 12.3. The number of benzene rings is 1. The summed E-state index contributed by atoms with van der Waals surface area (Å²) in [6, 6.07) is 5.56. The number of rotatable bonds is 3. The molecule has 1 unspecified atom stereocenters. The molecule has 1 aliphatic rings. The van der Waals surface area contributed by atoms with Crippen LogP contribution in [0.4, 0.5) is 16.2 Å². The molecule has 2 rings (SSSR count). The lowest BCUT2D eigenvalue weighted by atomic mass is 10.2. The SMILES string of the molecule is O=C(Nc1ccc([N+](=O)[O-])cc1)NC1CCNC1. The number of nitro groups is 1. The van der Waals surface area contributed by atoms with Gasteiger partial charge in [-0.25, -0.2) is 4.79 Å². The lowest BCUT2D eigenvalue weighted by molar-refractivity contribution is -0.384. The van der Waals surface area contributed by atoms with E-state index in [0.29, 0.717) is 5.69 Å². The van der Waals surface area contributed by atoms with Crippen LogP contribution in [0.5, 0.6) is 0 Å². The van der Waals surface area contributed by atoms with Gasteiger partial charge in [-0.3, -0.25) is 10.1 Å². The minimum Gasteiger partial charge on any atom is -0.334 e. The zero-order valence-electron chi connectivity index (χ0n) is 9.68. The number of hydrogen-bond acceptors (Lipinski definition) is 4. The van der Waals surface area contributed by atoms with E-state index in [4.69, 9.17) is 0 Å². The summed E-state index contributed by atoms with van der Waals surface area (Å²) in [6.45, 7) is 1.68. The largest absolute Gasteiger partial charge is 0.334 e. The number of anilines is 1. The quantitative estimate of drug-likeness (QED) is 0.552. The van der Waals surface area contributed by atoms with Crippen molar-refractivity contribution in [3.05, 3.63) is 34.4 Å². The highest BCUT2D eigenvalue weighted by Gasteiger charge is 2.16. The molecule has 1 saturated heterocycles. The summed E-state index contributed by atoms with van der Waals surface area (Å²) in [4.78, 5) is 21.6. The lowest BCUT2D eigenvalue weighted by Crippen LogP contribution is -2.39. The lowest BCUT2D eigenvalue weighted by Gasteiger charge is -2.12. The first-order chi connectivity index (χ1) is 8.65. The number of non-ortho nitro benzene ring substituents is 1. The van der Waals surface area contributed by atoms with Crippen molar-refractivity contribution >= 4 is 17.4 Å². The summed E-state index contributed by atoms with van der Waals surface area (Å²) in [5.41, 5.74) is 0.532. The normalized spacial score (nSPS) is 18.3. The minimum absolute atomic E-state index is 0.000881. The fourth-order valence-corrected chi connectivity index (χ4v) is 1.80. The molecule has 0 bridgehead atoms. The van der Waals surface area contributed by atoms with Gasteiger partial charge in [0.05, 0.1) is 4.92 Å². The van der Waals surface area contributed by atoms with Gasteiger partial charge in [0.1, 0.15) is 0 Å². The van der Waals surface area contributed by atoms with Crippen molar-refractivity contribution in [3.63, 3.8) is 0 Å². The second kappa shape index (κ2) is 5.46. The van der Waals surface area contributed by atoms with E-state index in [0.717, 1.165) is 19.5 Å². The highest BCUT2D eigenvalue weighted by Crippen LogP contribution is 2.15. The maximum atomic E-state index is 11.6. The van der Waals surface area contributed by atoms with Gasteiger partial charge in [-0.15, -0.1) is 0 Å². The van der Waals surface area contributed by atoms with Crippen molar-refractivity contribution in [1.82, 2.24) is 10.6 Å². The number of nitrogens with zero attached hydrogens (tertiary/aromatic N) is 1. The van der Waals surface area contributed by atoms with E-state index >= 15 is 0 Å². The molecule has 0 saturated carbocycles. The Morgan fingerprint density at radius 3 is 2.67 bits per heavy atom. The fraction of sp³-hybridized carbons (Fsp3) is 0.364. The molecule has 1 fully saturated rings. The molecule has 7 heteroatoms. The van der Waals surface area contributed by atoms with Crippen molar-refractivity contribution in [2.45, 2.75) is 12.5 Å². The van der Waals surface area contributed by atoms with Gasteiger partial charge in [0.25, 0.3) is 5.69 Å². The first-order valence-electron chi connectivity index (χ1n) is 5.68. The molecule has 7 nitrogen and oxygen atoms in total. The summed E-state index contributed by atoms with van der Waals surface area (Å²) in [6.07, 6.45) is 0.910. The molecular weight excluding hydrogens is 236 g/mol. The number of carbonyl (C=O) groups excluding carboxylic acids is 1. The highest BCUT2D eigenvalue weighted by atomic mass is 16.6. The van der Waals surface area contributed by atoms with E-state index in [-0.39, 0.29) is 17.8 Å². The van der Waals surface area contributed by atoms with Crippen LogP contribution in [0.15, 0.2) is 24.3 Å². The maximum absolute atomic E-state index is 11.6. The van der Waals surface area contributed by atoms with Gasteiger partial charge < -0.3 is 16.0 Å². The van der Waals surface area contributed by atoms with Crippen LogP contribution in [0.1, 0.15) is 6.42 Å². The molecule has 0 spiro atoms. The smallest absolute Gasteiger partial charge is 0.319 e. The van der Waals surface area contributed by atoms with Crippen LogP contribution in [0.25, 0.3) is 0 Å². The molecule has 1 aromatic carbocycles. The van der Waals surface area contributed by atoms with Gasteiger partial charge in [-0.2, -0.15) is 0 Å². The van der Waals surface area contributed by atoms with Gasteiger partial charge >= 0.3 is 6.03 Å². The zero-order chi connectivity index (χ0) is 13.0. The Bertz CT molecular complexity index is 440. The summed E-state index contributed by atoms with van der Waals surface area (Å²) < 4.78 is 0. The van der Waals surface area contributed by atoms with Crippen LogP contribution in [0.3, 0.4) is 0 Å². The van der Waals surface area contributed by atoms with Crippen molar-refractivity contribution in [2.24, 2.45) is 0 Å². The predicted molar refractivity (Wildman–Crippen MR) is 66.5 cm³/mol. The monoisotopic (exact) mass is 250 g/mol. The van der Waals surface area contributed by atoms with Crippen molar-refractivity contribution in [2.75, 3.05) is 18.4 Å². The van der Waals surface area contributed by atoms with Crippen LogP contribution in [0, 0.1) is 10.1 Å². The number of hydrogen-bond donors (Lipinski definition) is 3. The third-order valence-corrected chi connectivity index (χ3v) is 2.73. The number of amides is 2. The second-order valence-corrected chi connectivity index (χ2v) is 4.09. The van der Waals surface area contributed by atoms with E-state index in [1.54, 1.807) is 0 Å². The maximum Gasteiger partial charge on any atom is 0.319 e. The summed E-state index contributed by atoms with van der Waals surface area (Å²) in [7, 11) is 0. The molecule has 0 radical (unpaired) electrons. The van der Waals surface area contributed by atoms with Gasteiger partial charge in [-0.1, -0.05) is 0 Å². The Morgan fingerprint density at radius 2 is 2.11 bits per heavy atom. The van der Waals surface area contributed by atoms with Gasteiger partial charge in [-0.05, 0) is 25.1 Å². The molecule has 1 heterocycles. The van der Waals surface area contributed by atoms with Gasteiger partial charge in [0, 0.05) is 30.4 Å². The summed E-state index contributed by atoms with van der Waals surface area (Å²) in [5.74, 6) is 0. The predicted octanol–water partition coefficient (Wildman–Crippen LogP) is 1.08. The van der Waals surface area contributed by atoms with Crippen LogP contribution in [-0.4, -0.2) is 30.1 Å². The van der Waals surface area contributed by atoms with Crippen LogP contribution in [-0.2, 0) is 0 Å². The molecule has 3 N–H and O–H groups in total. The number of urea groups is 1. The van der Waals surface area contributed by atoms with Crippen molar-refractivity contribution in [1.29, 1.82) is 0 Å². The van der Waals surface area contributed by atoms with Gasteiger partial charge in [0.15, 0.2) is 0 Å². The molecule has 2 amide bonds. The Morgan fingerprint density at radius 1 is 1.39 bits per heavy atom. The van der Waals surface area contributed by atoms with E-state index < -0.39 is 4.92 Å². The summed E-state index contributed by atoms with van der Waals surface area (Å²) in [5, 5.41) is 19.1. The Hall–Kier alpha value is -2.15. The second-order valence-electron chi connectivity index (χ2n) is 4.09. The third kappa shape index (κ3) is 3.17. The van der Waals surface area contributed by atoms with Crippen molar-refractivity contribution in [3.8, 4) is 0 Å². The molecule has 96 valence electrons. The van der Waals surface area contributed by atoms with Crippen molar-refractivity contribution < 1.29 is 9.72 Å². The highest BCUT2D eigenvalue weighted by molar-refractivity contribution is 5.89. The standard InChI is InChI=1S/C11H14N4O3/c16-11(14-9-5-6-12-7-9)13-8-1-3-10(4-2-8)15(17)18/h1-4,9,12H,5-7H2,(H2,13,14,16). The molecule has 18 heavy (non-hydrogen) atoms. The molecule has 1 atom stereocenters. The molecule has 0 aliphatic carbocycles. The van der Waals surface area contributed by atoms with Crippen LogP contribution < -0.4 is 16.0 Å². The first-order valence-corrected chi connectivity index (χ1v) is 5.68. The van der Waals surface area contributed by atoms with Gasteiger partial charge in [0.2, 0.25) is 0 Å². The van der Waals surface area contributed by atoms with E-state index in [9.17, 15) is 14.9 Å². The van der Waals surface area contributed by atoms with E-state index in [1.807, 2.05) is 0 Å². The summed E-state index contributed by atoms with van der Waals surface area (Å²) >= 11 is 0. The zero-order valence-corrected chi connectivity index (χ0v) is 9.68. The number of nitrogens with one attached hydrogen (secondary N) is 3. The molecule has 1 aliphatic heterocycles.